The largest absolute Gasteiger partial charge is 0.493 e. The molecule has 3 rings (SSSR count). The number of amides is 1. The van der Waals surface area contributed by atoms with E-state index >= 15 is 0 Å². The summed E-state index contributed by atoms with van der Waals surface area (Å²) in [5, 5.41) is 4.71. The lowest BCUT2D eigenvalue weighted by molar-refractivity contribution is 0.0954. The van der Waals surface area contributed by atoms with E-state index in [0.717, 1.165) is 14.7 Å². The summed E-state index contributed by atoms with van der Waals surface area (Å²) in [6.07, 6.45) is 1.53. The highest BCUT2D eigenvalue weighted by molar-refractivity contribution is 14.1. The van der Waals surface area contributed by atoms with Crippen molar-refractivity contribution in [2.24, 2.45) is 5.10 Å². The molecule has 0 aliphatic rings. The minimum absolute atomic E-state index is 0.349. The number of nitrogens with zero attached hydrogens (tertiary/aromatic N) is 1. The smallest absolute Gasteiger partial charge is 0.271 e. The molecule has 172 valence electrons. The first-order chi connectivity index (χ1) is 15.9. The number of benzene rings is 3. The van der Waals surface area contributed by atoms with E-state index in [9.17, 15) is 4.79 Å². The minimum Gasteiger partial charge on any atom is -0.493 e. The molecule has 1 N–H and O–H groups in total. The molecule has 0 aromatic heterocycles. The maximum absolute atomic E-state index is 12.4. The van der Waals surface area contributed by atoms with Crippen LogP contribution in [0.4, 0.5) is 0 Å². The summed E-state index contributed by atoms with van der Waals surface area (Å²) in [7, 11) is 4.61. The molecule has 1 amide bonds. The van der Waals surface area contributed by atoms with Gasteiger partial charge in [0.1, 0.15) is 6.61 Å². The van der Waals surface area contributed by atoms with Gasteiger partial charge in [-0.15, -0.1) is 0 Å². The molecule has 33 heavy (non-hydrogen) atoms. The van der Waals surface area contributed by atoms with Gasteiger partial charge in [0.15, 0.2) is 23.0 Å². The number of halogens is 2. The summed E-state index contributed by atoms with van der Waals surface area (Å²) < 4.78 is 22.7. The highest BCUT2D eigenvalue weighted by atomic mass is 127. The molecule has 3 aromatic carbocycles. The number of carbonyl (C=O) groups excluding carboxylic acids is 1. The summed E-state index contributed by atoms with van der Waals surface area (Å²) in [6, 6.07) is 16.0. The molecular weight excluding hydrogens is 559 g/mol. The van der Waals surface area contributed by atoms with Crippen LogP contribution in [0.2, 0.25) is 5.02 Å². The SMILES string of the molecule is COc1ccc(C(=O)N/N=C/c2cc(I)c(OCc3cccc(Cl)c3)c(OC)c2)cc1OC. The molecule has 9 heteroatoms. The standard InChI is InChI=1S/C24H22ClIN2O5/c1-30-20-8-7-17(12-21(20)31-2)24(29)28-27-13-16-10-19(26)23(22(11-16)32-3)33-14-15-5-4-6-18(25)9-15/h4-13H,14H2,1-3H3,(H,28,29)/b27-13+. The maximum Gasteiger partial charge on any atom is 0.271 e. The van der Waals surface area contributed by atoms with Gasteiger partial charge in [-0.25, -0.2) is 5.43 Å². The third kappa shape index (κ3) is 6.52. The van der Waals surface area contributed by atoms with Gasteiger partial charge in [0.2, 0.25) is 0 Å². The Morgan fingerprint density at radius 3 is 2.45 bits per heavy atom. The monoisotopic (exact) mass is 580 g/mol. The number of rotatable bonds is 9. The fraction of sp³-hybridized carbons (Fsp3) is 0.167. The van der Waals surface area contributed by atoms with Crippen molar-refractivity contribution in [2.75, 3.05) is 21.3 Å². The van der Waals surface area contributed by atoms with E-state index < -0.39 is 0 Å². The van der Waals surface area contributed by atoms with E-state index in [1.165, 1.54) is 20.4 Å². The van der Waals surface area contributed by atoms with Gasteiger partial charge in [0, 0.05) is 10.6 Å². The number of ether oxygens (including phenoxy) is 4. The van der Waals surface area contributed by atoms with Crippen molar-refractivity contribution in [3.8, 4) is 23.0 Å². The van der Waals surface area contributed by atoms with E-state index in [1.807, 2.05) is 30.3 Å². The van der Waals surface area contributed by atoms with Crippen LogP contribution in [0.25, 0.3) is 0 Å². The highest BCUT2D eigenvalue weighted by Crippen LogP contribution is 2.34. The van der Waals surface area contributed by atoms with Crippen LogP contribution in [-0.4, -0.2) is 33.5 Å². The summed E-state index contributed by atoms with van der Waals surface area (Å²) >= 11 is 8.21. The van der Waals surface area contributed by atoms with Crippen LogP contribution < -0.4 is 24.4 Å². The van der Waals surface area contributed by atoms with Gasteiger partial charge < -0.3 is 18.9 Å². The molecule has 0 radical (unpaired) electrons. The average molecular weight is 581 g/mol. The van der Waals surface area contributed by atoms with Crippen LogP contribution in [0.5, 0.6) is 23.0 Å². The van der Waals surface area contributed by atoms with E-state index in [2.05, 4.69) is 33.1 Å². The zero-order chi connectivity index (χ0) is 23.8. The lowest BCUT2D eigenvalue weighted by atomic mass is 10.2. The first-order valence-corrected chi connectivity index (χ1v) is 11.2. The summed E-state index contributed by atoms with van der Waals surface area (Å²) in [5.74, 6) is 1.79. The number of methoxy groups -OCH3 is 3. The second-order valence-electron chi connectivity index (χ2n) is 6.72. The van der Waals surface area contributed by atoms with Crippen LogP contribution in [0.1, 0.15) is 21.5 Å². The van der Waals surface area contributed by atoms with Crippen molar-refractivity contribution in [2.45, 2.75) is 6.61 Å². The molecule has 0 saturated heterocycles. The molecule has 0 bridgehead atoms. The van der Waals surface area contributed by atoms with Gasteiger partial charge >= 0.3 is 0 Å². The number of hydrazone groups is 1. The molecule has 0 aliphatic carbocycles. The first-order valence-electron chi connectivity index (χ1n) is 9.75. The topological polar surface area (TPSA) is 78.4 Å². The van der Waals surface area contributed by atoms with E-state index in [0.29, 0.717) is 40.2 Å². The average Bonchev–Trinajstić information content (AvgIpc) is 2.82. The third-order valence-electron chi connectivity index (χ3n) is 4.55. The summed E-state index contributed by atoms with van der Waals surface area (Å²) in [4.78, 5) is 12.4. The molecule has 3 aromatic rings. The van der Waals surface area contributed by atoms with Gasteiger partial charge in [0.25, 0.3) is 5.91 Å². The predicted molar refractivity (Wildman–Crippen MR) is 136 cm³/mol. The summed E-state index contributed by atoms with van der Waals surface area (Å²) in [6.45, 7) is 0.349. The Morgan fingerprint density at radius 2 is 1.76 bits per heavy atom. The van der Waals surface area contributed by atoms with E-state index in [4.69, 9.17) is 30.5 Å². The number of hydrogen-bond acceptors (Lipinski definition) is 6. The molecule has 0 aliphatic heterocycles. The van der Waals surface area contributed by atoms with E-state index in [-0.39, 0.29) is 5.91 Å². The molecule has 0 spiro atoms. The Kier molecular flexibility index (Phi) is 8.79. The first kappa shape index (κ1) is 24.7. The molecule has 0 atom stereocenters. The zero-order valence-electron chi connectivity index (χ0n) is 18.2. The van der Waals surface area contributed by atoms with Crippen molar-refractivity contribution in [3.63, 3.8) is 0 Å². The Bertz CT molecular complexity index is 1170. The van der Waals surface area contributed by atoms with Crippen molar-refractivity contribution in [3.05, 3.63) is 79.9 Å². The minimum atomic E-state index is -0.379. The zero-order valence-corrected chi connectivity index (χ0v) is 21.1. The van der Waals surface area contributed by atoms with Crippen molar-refractivity contribution >= 4 is 46.3 Å². The molecular formula is C24H22ClIN2O5. The van der Waals surface area contributed by atoms with Gasteiger partial charge in [-0.3, -0.25) is 4.79 Å². The maximum atomic E-state index is 12.4. The second-order valence-corrected chi connectivity index (χ2v) is 8.32. The lowest BCUT2D eigenvalue weighted by Crippen LogP contribution is -2.17. The highest BCUT2D eigenvalue weighted by Gasteiger charge is 2.13. The van der Waals surface area contributed by atoms with Crippen molar-refractivity contribution in [1.82, 2.24) is 5.43 Å². The number of hydrogen-bond donors (Lipinski definition) is 1. The Morgan fingerprint density at radius 1 is 1.00 bits per heavy atom. The van der Waals surface area contributed by atoms with Crippen LogP contribution >= 0.6 is 34.2 Å². The van der Waals surface area contributed by atoms with Crippen LogP contribution in [-0.2, 0) is 6.61 Å². The third-order valence-corrected chi connectivity index (χ3v) is 5.59. The Balaban J connectivity index is 1.69. The second kappa shape index (κ2) is 11.8. The van der Waals surface area contributed by atoms with Crippen molar-refractivity contribution < 1.29 is 23.7 Å². The van der Waals surface area contributed by atoms with Crippen LogP contribution in [0.3, 0.4) is 0 Å². The lowest BCUT2D eigenvalue weighted by Gasteiger charge is -2.13. The molecule has 0 fully saturated rings. The Hall–Kier alpha value is -2.98. The normalized spacial score (nSPS) is 10.7. The van der Waals surface area contributed by atoms with Crippen LogP contribution in [0, 0.1) is 3.57 Å². The molecule has 0 heterocycles. The number of nitrogens with one attached hydrogen (secondary N) is 1. The fourth-order valence-corrected chi connectivity index (χ4v) is 3.94. The fourth-order valence-electron chi connectivity index (χ4n) is 2.94. The number of carbonyl (C=O) groups is 1. The summed E-state index contributed by atoms with van der Waals surface area (Å²) in [5.41, 5.74) is 4.58. The predicted octanol–water partition coefficient (Wildman–Crippen LogP) is 5.31. The Labute approximate surface area is 210 Å². The van der Waals surface area contributed by atoms with Crippen molar-refractivity contribution in [1.29, 1.82) is 0 Å². The molecule has 0 unspecified atom stereocenters. The van der Waals surface area contributed by atoms with E-state index in [1.54, 1.807) is 31.4 Å². The van der Waals surface area contributed by atoms with Crippen LogP contribution in [0.15, 0.2) is 59.7 Å². The van der Waals surface area contributed by atoms with Gasteiger partial charge in [-0.05, 0) is 76.2 Å². The molecule has 0 saturated carbocycles. The molecule has 7 nitrogen and oxygen atoms in total. The van der Waals surface area contributed by atoms with Gasteiger partial charge in [-0.2, -0.15) is 5.10 Å². The van der Waals surface area contributed by atoms with Gasteiger partial charge in [0.05, 0.1) is 31.1 Å². The van der Waals surface area contributed by atoms with Gasteiger partial charge in [-0.1, -0.05) is 23.7 Å². The quantitative estimate of drug-likeness (QED) is 0.211.